The minimum Gasteiger partial charge on any atom is -0.497 e. The molecule has 2 atom stereocenters. The molecular formula is C15H16Cl2O2. The molecule has 1 saturated carbocycles. The average Bonchev–Trinajstić information content (AvgIpc) is 2.91. The lowest BCUT2D eigenvalue weighted by molar-refractivity contribution is -0.113. The van der Waals surface area contributed by atoms with E-state index in [0.717, 1.165) is 11.3 Å². The molecule has 2 rings (SSSR count). The third-order valence-corrected chi connectivity index (χ3v) is 4.43. The molecule has 0 radical (unpaired) electrons. The minimum atomic E-state index is -0.287. The van der Waals surface area contributed by atoms with E-state index in [-0.39, 0.29) is 22.5 Å². The van der Waals surface area contributed by atoms with E-state index in [0.29, 0.717) is 5.03 Å². The molecule has 2 nitrogen and oxygen atoms in total. The zero-order chi connectivity index (χ0) is 14.2. The van der Waals surface area contributed by atoms with Crippen molar-refractivity contribution < 1.29 is 9.53 Å². The van der Waals surface area contributed by atoms with Gasteiger partial charge in [0.2, 0.25) is 5.24 Å². The van der Waals surface area contributed by atoms with Crippen LogP contribution in [0.2, 0.25) is 0 Å². The lowest BCUT2D eigenvalue weighted by atomic mass is 10.1. The predicted octanol–water partition coefficient (Wildman–Crippen LogP) is 4.31. The highest BCUT2D eigenvalue weighted by Gasteiger charge is 2.60. The Morgan fingerprint density at radius 1 is 1.26 bits per heavy atom. The second kappa shape index (κ2) is 5.18. The van der Waals surface area contributed by atoms with Crippen molar-refractivity contribution in [3.05, 3.63) is 35.9 Å². The van der Waals surface area contributed by atoms with Crippen molar-refractivity contribution in [2.75, 3.05) is 7.11 Å². The largest absolute Gasteiger partial charge is 0.497 e. The van der Waals surface area contributed by atoms with Gasteiger partial charge in [0.15, 0.2) is 0 Å². The summed E-state index contributed by atoms with van der Waals surface area (Å²) in [5.41, 5.74) is 0.803. The van der Waals surface area contributed by atoms with Gasteiger partial charge in [-0.15, -0.1) is 0 Å². The van der Waals surface area contributed by atoms with Gasteiger partial charge in [-0.1, -0.05) is 31.5 Å². The van der Waals surface area contributed by atoms with Crippen molar-refractivity contribution in [3.63, 3.8) is 0 Å². The van der Waals surface area contributed by atoms with Gasteiger partial charge in [0.1, 0.15) is 5.75 Å². The number of hydrogen-bond acceptors (Lipinski definition) is 2. The van der Waals surface area contributed by atoms with Crippen LogP contribution in [0.5, 0.6) is 5.75 Å². The normalized spacial score (nSPS) is 25.0. The van der Waals surface area contributed by atoms with Gasteiger partial charge in [0.25, 0.3) is 0 Å². The first kappa shape index (κ1) is 14.4. The van der Waals surface area contributed by atoms with Crippen molar-refractivity contribution in [2.24, 2.45) is 17.3 Å². The fourth-order valence-corrected chi connectivity index (χ4v) is 3.10. The number of halogens is 2. The quantitative estimate of drug-likeness (QED) is 0.774. The molecule has 0 amide bonds. The summed E-state index contributed by atoms with van der Waals surface area (Å²) in [6.07, 6.45) is 1.92. The molecular weight excluding hydrogens is 283 g/mol. The molecule has 0 aliphatic heterocycles. The highest BCUT2D eigenvalue weighted by atomic mass is 35.5. The van der Waals surface area contributed by atoms with Crippen molar-refractivity contribution in [2.45, 2.75) is 13.8 Å². The van der Waals surface area contributed by atoms with Crippen molar-refractivity contribution in [1.82, 2.24) is 0 Å². The summed E-state index contributed by atoms with van der Waals surface area (Å²) in [4.78, 5) is 11.3. The number of carbonyl (C=O) groups is 1. The summed E-state index contributed by atoms with van der Waals surface area (Å²) in [7, 11) is 1.62. The minimum absolute atomic E-state index is 0.104. The Balaban J connectivity index is 2.17. The Morgan fingerprint density at radius 2 is 1.84 bits per heavy atom. The van der Waals surface area contributed by atoms with Crippen LogP contribution in [0.3, 0.4) is 0 Å². The molecule has 1 aliphatic rings. The van der Waals surface area contributed by atoms with E-state index in [9.17, 15) is 4.79 Å². The van der Waals surface area contributed by atoms with E-state index in [1.165, 1.54) is 0 Å². The molecule has 0 spiro atoms. The Bertz CT molecular complexity index is 517. The van der Waals surface area contributed by atoms with Gasteiger partial charge < -0.3 is 4.74 Å². The number of carbonyl (C=O) groups excluding carboxylic acids is 1. The maximum atomic E-state index is 11.3. The van der Waals surface area contributed by atoms with Gasteiger partial charge in [-0.25, -0.2) is 0 Å². The average molecular weight is 299 g/mol. The number of hydrogen-bond donors (Lipinski definition) is 0. The van der Waals surface area contributed by atoms with Crippen molar-refractivity contribution in [3.8, 4) is 5.75 Å². The Morgan fingerprint density at radius 3 is 2.26 bits per heavy atom. The van der Waals surface area contributed by atoms with Gasteiger partial charge in [-0.2, -0.15) is 0 Å². The summed E-state index contributed by atoms with van der Waals surface area (Å²) in [6, 6.07) is 7.50. The molecule has 19 heavy (non-hydrogen) atoms. The number of rotatable bonds is 4. The van der Waals surface area contributed by atoms with E-state index in [1.807, 2.05) is 44.2 Å². The molecule has 0 N–H and O–H groups in total. The van der Waals surface area contributed by atoms with Crippen LogP contribution in [-0.2, 0) is 4.79 Å². The molecule has 1 aromatic rings. The van der Waals surface area contributed by atoms with E-state index >= 15 is 0 Å². The van der Waals surface area contributed by atoms with Crippen LogP contribution in [0.4, 0.5) is 0 Å². The van der Waals surface area contributed by atoms with Gasteiger partial charge in [0.05, 0.1) is 7.11 Å². The van der Waals surface area contributed by atoms with Crippen LogP contribution in [0.1, 0.15) is 19.4 Å². The summed E-state index contributed by atoms with van der Waals surface area (Å²) in [5, 5.41) is 0.353. The Hall–Kier alpha value is -0.990. The van der Waals surface area contributed by atoms with Gasteiger partial charge in [-0.05, 0) is 52.8 Å². The van der Waals surface area contributed by atoms with Crippen LogP contribution in [0.15, 0.2) is 30.3 Å². The van der Waals surface area contributed by atoms with Gasteiger partial charge >= 0.3 is 0 Å². The lowest BCUT2D eigenvalue weighted by Gasteiger charge is -2.03. The first-order chi connectivity index (χ1) is 8.87. The molecule has 0 bridgehead atoms. The van der Waals surface area contributed by atoms with Gasteiger partial charge in [0, 0.05) is 11.0 Å². The number of benzene rings is 1. The summed E-state index contributed by atoms with van der Waals surface area (Å²) in [6.45, 7) is 4.05. The monoisotopic (exact) mass is 298 g/mol. The fourth-order valence-electron chi connectivity index (χ4n) is 2.43. The van der Waals surface area contributed by atoms with Crippen molar-refractivity contribution >= 4 is 33.5 Å². The van der Waals surface area contributed by atoms with Crippen LogP contribution >= 0.6 is 23.2 Å². The summed E-state index contributed by atoms with van der Waals surface area (Å²) in [5.74, 6) is 0.752. The summed E-state index contributed by atoms with van der Waals surface area (Å²) < 4.78 is 5.10. The number of methoxy groups -OCH3 is 1. The SMILES string of the molecule is COc1ccc(/C(Cl)=C/C2C(C(=O)Cl)C2(C)C)cc1. The molecule has 0 heterocycles. The molecule has 1 aliphatic carbocycles. The van der Waals surface area contributed by atoms with Gasteiger partial charge in [-0.3, -0.25) is 4.79 Å². The Kier molecular flexibility index (Phi) is 3.93. The molecule has 0 saturated heterocycles. The standard InChI is InChI=1S/C15H16Cl2O2/c1-15(2)11(13(15)14(17)18)8-12(16)9-4-6-10(19-3)7-5-9/h4-8,11,13H,1-3H3/b12-8-. The fraction of sp³-hybridized carbons (Fsp3) is 0.400. The third-order valence-electron chi connectivity index (χ3n) is 3.85. The number of ether oxygens (including phenoxy) is 1. The first-order valence-electron chi connectivity index (χ1n) is 6.09. The lowest BCUT2D eigenvalue weighted by Crippen LogP contribution is -1.96. The Labute approximate surface area is 123 Å². The highest BCUT2D eigenvalue weighted by molar-refractivity contribution is 6.64. The molecule has 102 valence electrons. The maximum Gasteiger partial charge on any atom is 0.225 e. The van der Waals surface area contributed by atoms with E-state index in [1.54, 1.807) is 7.11 Å². The zero-order valence-corrected chi connectivity index (χ0v) is 12.6. The van der Waals surface area contributed by atoms with Crippen LogP contribution in [-0.4, -0.2) is 12.4 Å². The zero-order valence-electron chi connectivity index (χ0n) is 11.1. The second-order valence-corrected chi connectivity index (χ2v) is 6.15. The van der Waals surface area contributed by atoms with Crippen LogP contribution in [0.25, 0.3) is 5.03 Å². The number of allylic oxidation sites excluding steroid dienone is 1. The molecule has 1 fully saturated rings. The van der Waals surface area contributed by atoms with Crippen molar-refractivity contribution in [1.29, 1.82) is 0 Å². The smallest absolute Gasteiger partial charge is 0.225 e. The molecule has 1 aromatic carbocycles. The van der Waals surface area contributed by atoms with Crippen LogP contribution < -0.4 is 4.74 Å². The predicted molar refractivity (Wildman–Crippen MR) is 78.4 cm³/mol. The topological polar surface area (TPSA) is 26.3 Å². The molecule has 4 heteroatoms. The molecule has 0 aromatic heterocycles. The van der Waals surface area contributed by atoms with E-state index < -0.39 is 0 Å². The highest BCUT2D eigenvalue weighted by Crippen LogP contribution is 2.60. The first-order valence-corrected chi connectivity index (χ1v) is 6.84. The third kappa shape index (κ3) is 2.80. The van der Waals surface area contributed by atoms with E-state index in [4.69, 9.17) is 27.9 Å². The second-order valence-electron chi connectivity index (χ2n) is 5.37. The van der Waals surface area contributed by atoms with E-state index in [2.05, 4.69) is 0 Å². The van der Waals surface area contributed by atoms with Crippen LogP contribution in [0, 0.1) is 17.3 Å². The maximum absolute atomic E-state index is 11.3. The molecule has 2 unspecified atom stereocenters. The summed E-state index contributed by atoms with van der Waals surface area (Å²) >= 11 is 11.9.